The Kier molecular flexibility index (Phi) is 12.6. The molecule has 0 unspecified atom stereocenters. The van der Waals surface area contributed by atoms with E-state index in [0.29, 0.717) is 0 Å². The first kappa shape index (κ1) is 20.9. The van der Waals surface area contributed by atoms with E-state index >= 15 is 0 Å². The van der Waals surface area contributed by atoms with Crippen molar-refractivity contribution in [2.75, 3.05) is 0 Å². The van der Waals surface area contributed by atoms with E-state index in [4.69, 9.17) is 20.1 Å². The number of carbonyl (C=O) groups excluding carboxylic acids is 1. The molecule has 0 amide bonds. The highest BCUT2D eigenvalue weighted by atomic mass is 16.4. The molecular weight excluding hydrogens is 280 g/mol. The Labute approximate surface area is 123 Å². The van der Waals surface area contributed by atoms with Gasteiger partial charge in [0.25, 0.3) is 0 Å². The minimum Gasteiger partial charge on any atom is -0.550 e. The van der Waals surface area contributed by atoms with E-state index in [1.165, 1.54) is 0 Å². The molecule has 2 N–H and O–H groups in total. The summed E-state index contributed by atoms with van der Waals surface area (Å²) in [4.78, 5) is 28.5. The molecule has 0 saturated heterocycles. The zero-order chi connectivity index (χ0) is 16.8. The molecule has 0 aliphatic rings. The molecule has 0 radical (unpaired) electrons. The fraction of sp³-hybridized carbons (Fsp3) is 0.538. The van der Waals surface area contributed by atoms with Crippen LogP contribution in [0.25, 0.3) is 0 Å². The molecule has 0 fully saturated rings. The van der Waals surface area contributed by atoms with Crippen LogP contribution in [-0.2, 0) is 28.0 Å². The van der Waals surface area contributed by atoms with Crippen molar-refractivity contribution in [1.82, 2.24) is 4.57 Å². The highest BCUT2D eigenvalue weighted by molar-refractivity contribution is 5.69. The summed E-state index contributed by atoms with van der Waals surface area (Å²) in [6, 6.07) is 0. The van der Waals surface area contributed by atoms with E-state index in [-0.39, 0.29) is 19.3 Å². The van der Waals surface area contributed by atoms with Crippen LogP contribution in [0.3, 0.4) is 0 Å². The zero-order valence-corrected chi connectivity index (χ0v) is 12.5. The normalized spacial score (nSPS) is 8.71. The third-order valence-corrected chi connectivity index (χ3v) is 1.97. The van der Waals surface area contributed by atoms with Crippen molar-refractivity contribution >= 4 is 17.9 Å². The molecule has 0 aliphatic heterocycles. The lowest BCUT2D eigenvalue weighted by atomic mass is 10.2. The van der Waals surface area contributed by atoms with Crippen molar-refractivity contribution in [1.29, 1.82) is 0 Å². The number of imidazole rings is 1. The van der Waals surface area contributed by atoms with Gasteiger partial charge in [0.2, 0.25) is 6.33 Å². The van der Waals surface area contributed by atoms with Crippen molar-refractivity contribution in [3.63, 3.8) is 0 Å². The second kappa shape index (κ2) is 12.6. The Balaban J connectivity index is 0. The van der Waals surface area contributed by atoms with E-state index < -0.39 is 17.9 Å². The number of aromatic nitrogens is 2. The van der Waals surface area contributed by atoms with Crippen LogP contribution >= 0.6 is 0 Å². The highest BCUT2D eigenvalue weighted by Gasteiger charge is 1.99. The summed E-state index contributed by atoms with van der Waals surface area (Å²) in [6.45, 7) is 4.15. The van der Waals surface area contributed by atoms with Gasteiger partial charge in [-0.15, -0.1) is 0 Å². The molecule has 0 atom stereocenters. The van der Waals surface area contributed by atoms with Gasteiger partial charge in [0.15, 0.2) is 0 Å². The molecule has 21 heavy (non-hydrogen) atoms. The smallest absolute Gasteiger partial charge is 0.303 e. The van der Waals surface area contributed by atoms with Gasteiger partial charge in [-0.3, -0.25) is 9.59 Å². The number of carboxylic acids is 3. The van der Waals surface area contributed by atoms with Gasteiger partial charge in [0.05, 0.1) is 13.6 Å². The summed E-state index contributed by atoms with van der Waals surface area (Å²) in [7, 11) is 2.02. The SMILES string of the molecule is CC(=O)[O-].CC[n+]1ccn(C)c1.O=C(O)CCCC(=O)O. The Morgan fingerprint density at radius 3 is 1.81 bits per heavy atom. The Morgan fingerprint density at radius 2 is 1.62 bits per heavy atom. The summed E-state index contributed by atoms with van der Waals surface area (Å²) >= 11 is 0. The van der Waals surface area contributed by atoms with Crippen LogP contribution < -0.4 is 9.67 Å². The lowest BCUT2D eigenvalue weighted by Gasteiger charge is -1.89. The van der Waals surface area contributed by atoms with E-state index in [1.807, 2.05) is 17.8 Å². The lowest BCUT2D eigenvalue weighted by Crippen LogP contribution is -2.28. The Morgan fingerprint density at radius 1 is 1.19 bits per heavy atom. The van der Waals surface area contributed by atoms with Crippen LogP contribution in [-0.4, -0.2) is 32.7 Å². The summed E-state index contributed by atoms with van der Waals surface area (Å²) in [5, 5.41) is 25.0. The second-order valence-corrected chi connectivity index (χ2v) is 4.04. The molecule has 1 heterocycles. The van der Waals surface area contributed by atoms with Gasteiger partial charge in [-0.1, -0.05) is 0 Å². The summed E-state index contributed by atoms with van der Waals surface area (Å²) < 4.78 is 4.16. The fourth-order valence-corrected chi connectivity index (χ4v) is 1.08. The number of aryl methyl sites for hydroxylation is 2. The molecule has 8 heteroatoms. The maximum Gasteiger partial charge on any atom is 0.303 e. The molecule has 0 bridgehead atoms. The van der Waals surface area contributed by atoms with E-state index in [0.717, 1.165) is 13.5 Å². The van der Waals surface area contributed by atoms with Gasteiger partial charge in [-0.25, -0.2) is 9.13 Å². The van der Waals surface area contributed by atoms with Crippen LogP contribution in [0.15, 0.2) is 18.7 Å². The molecule has 1 aromatic heterocycles. The Hall–Kier alpha value is -2.38. The third kappa shape index (κ3) is 20.1. The largest absolute Gasteiger partial charge is 0.550 e. The molecule has 1 aromatic rings. The molecule has 0 saturated carbocycles. The predicted octanol–water partition coefficient (Wildman–Crippen LogP) is -0.585. The number of hydrogen-bond acceptors (Lipinski definition) is 4. The van der Waals surface area contributed by atoms with Gasteiger partial charge < -0.3 is 20.1 Å². The quantitative estimate of drug-likeness (QED) is 0.701. The van der Waals surface area contributed by atoms with E-state index in [2.05, 4.69) is 24.0 Å². The van der Waals surface area contributed by atoms with Crippen molar-refractivity contribution < 1.29 is 34.3 Å². The van der Waals surface area contributed by atoms with Crippen molar-refractivity contribution in [2.24, 2.45) is 7.05 Å². The monoisotopic (exact) mass is 302 g/mol. The highest BCUT2D eigenvalue weighted by Crippen LogP contribution is 1.93. The van der Waals surface area contributed by atoms with Crippen LogP contribution in [0, 0.1) is 0 Å². The van der Waals surface area contributed by atoms with Crippen LogP contribution in [0.4, 0.5) is 0 Å². The maximum absolute atomic E-state index is 9.79. The molecular formula is C13H22N2O6. The number of nitrogens with zero attached hydrogens (tertiary/aromatic N) is 2. The summed E-state index contributed by atoms with van der Waals surface area (Å²) in [5.74, 6) is -2.98. The molecule has 0 aliphatic carbocycles. The summed E-state index contributed by atoms with van der Waals surface area (Å²) in [6.07, 6.45) is 6.23. The van der Waals surface area contributed by atoms with Crippen molar-refractivity contribution in [2.45, 2.75) is 39.7 Å². The van der Waals surface area contributed by atoms with Crippen LogP contribution in [0.2, 0.25) is 0 Å². The minimum absolute atomic E-state index is 0.0632. The molecule has 1 rings (SSSR count). The van der Waals surface area contributed by atoms with Gasteiger partial charge in [-0.05, 0) is 20.3 Å². The maximum atomic E-state index is 9.79. The van der Waals surface area contributed by atoms with Crippen LogP contribution in [0.1, 0.15) is 33.1 Å². The first-order chi connectivity index (χ1) is 9.68. The Bertz CT molecular complexity index is 424. The number of rotatable bonds is 5. The van der Waals surface area contributed by atoms with Gasteiger partial charge >= 0.3 is 11.9 Å². The fourth-order valence-electron chi connectivity index (χ4n) is 1.08. The number of carbonyl (C=O) groups is 3. The van der Waals surface area contributed by atoms with Crippen molar-refractivity contribution in [3.8, 4) is 0 Å². The topological polar surface area (TPSA) is 124 Å². The van der Waals surface area contributed by atoms with Crippen molar-refractivity contribution in [3.05, 3.63) is 18.7 Å². The number of carboxylic acid groups (broad SMARTS) is 3. The van der Waals surface area contributed by atoms with Crippen LogP contribution in [0.5, 0.6) is 0 Å². The third-order valence-electron chi connectivity index (χ3n) is 1.97. The molecule has 120 valence electrons. The number of hydrogen-bond donors (Lipinski definition) is 2. The standard InChI is InChI=1S/C6H11N2.C5H8O4.C2H4O2/c1-3-8-5-4-7(2)6-8;6-4(7)2-1-3-5(8)9;1-2(3)4/h4-6H,3H2,1-2H3;1-3H2,(H,6,7)(H,8,9);1H3,(H,3,4)/q+1;;/p-1. The second-order valence-electron chi connectivity index (χ2n) is 4.04. The molecule has 0 spiro atoms. The summed E-state index contributed by atoms with van der Waals surface area (Å²) in [5.41, 5.74) is 0. The van der Waals surface area contributed by atoms with Gasteiger partial charge in [0.1, 0.15) is 12.4 Å². The first-order valence-corrected chi connectivity index (χ1v) is 6.31. The number of aliphatic carboxylic acids is 3. The van der Waals surface area contributed by atoms with E-state index in [9.17, 15) is 9.59 Å². The predicted molar refractivity (Wildman–Crippen MR) is 71.1 cm³/mol. The minimum atomic E-state index is -1.08. The first-order valence-electron chi connectivity index (χ1n) is 6.31. The average Bonchev–Trinajstić information content (AvgIpc) is 2.74. The van der Waals surface area contributed by atoms with E-state index in [1.54, 1.807) is 0 Å². The average molecular weight is 302 g/mol. The van der Waals surface area contributed by atoms with Gasteiger partial charge in [0, 0.05) is 18.8 Å². The van der Waals surface area contributed by atoms with Gasteiger partial charge in [-0.2, -0.15) is 0 Å². The molecule has 8 nitrogen and oxygen atoms in total. The molecule has 0 aromatic carbocycles. The lowest BCUT2D eigenvalue weighted by molar-refractivity contribution is -0.693. The zero-order valence-electron chi connectivity index (χ0n) is 12.5.